The molecule has 0 fully saturated rings. The Morgan fingerprint density at radius 3 is 2.39 bits per heavy atom. The number of oxime groups is 1. The largest absolute Gasteiger partial charge is 0.417 e. The molecule has 0 saturated carbocycles. The standard InChI is InChI=1S/C23H26F3N5O2/c1-4-31(5-2)14-15-9-11-16(12-10-15)33-29-22(27)30(3)21(32)20-13-17-18(23(24,25)26)7-6-8-19(17)28-20/h6-13,28H,4-5,14H2,1-3H3,(H2,27,29). The Hall–Kier alpha value is -3.53. The van der Waals surface area contributed by atoms with Gasteiger partial charge in [0.15, 0.2) is 5.75 Å². The number of amides is 1. The van der Waals surface area contributed by atoms with Crippen LogP contribution in [0.1, 0.15) is 35.5 Å². The van der Waals surface area contributed by atoms with E-state index in [0.717, 1.165) is 42.2 Å². The first kappa shape index (κ1) is 24.1. The second-order valence-corrected chi connectivity index (χ2v) is 7.46. The summed E-state index contributed by atoms with van der Waals surface area (Å²) < 4.78 is 39.7. The maximum absolute atomic E-state index is 13.2. The van der Waals surface area contributed by atoms with Crippen molar-refractivity contribution >= 4 is 22.8 Å². The Kier molecular flexibility index (Phi) is 7.27. The lowest BCUT2D eigenvalue weighted by Crippen LogP contribution is -2.39. The Labute approximate surface area is 189 Å². The minimum atomic E-state index is -4.54. The van der Waals surface area contributed by atoms with Crippen LogP contribution >= 0.6 is 0 Å². The molecule has 0 atom stereocenters. The molecule has 1 amide bonds. The van der Waals surface area contributed by atoms with Crippen molar-refractivity contribution in [1.29, 1.82) is 0 Å². The molecular weight excluding hydrogens is 435 g/mol. The third kappa shape index (κ3) is 5.64. The van der Waals surface area contributed by atoms with E-state index in [9.17, 15) is 18.0 Å². The third-order valence-electron chi connectivity index (χ3n) is 5.32. The van der Waals surface area contributed by atoms with E-state index in [0.29, 0.717) is 5.75 Å². The fourth-order valence-electron chi connectivity index (χ4n) is 3.32. The van der Waals surface area contributed by atoms with Crippen LogP contribution in [0.25, 0.3) is 10.9 Å². The molecule has 176 valence electrons. The number of hydrogen-bond donors (Lipinski definition) is 2. The van der Waals surface area contributed by atoms with Gasteiger partial charge in [-0.15, -0.1) is 0 Å². The van der Waals surface area contributed by atoms with Gasteiger partial charge in [0.25, 0.3) is 5.91 Å². The van der Waals surface area contributed by atoms with Crippen LogP contribution in [0.5, 0.6) is 5.75 Å². The molecule has 7 nitrogen and oxygen atoms in total. The van der Waals surface area contributed by atoms with Crippen molar-refractivity contribution in [2.24, 2.45) is 10.9 Å². The maximum atomic E-state index is 13.2. The van der Waals surface area contributed by atoms with Crippen molar-refractivity contribution in [2.75, 3.05) is 20.1 Å². The lowest BCUT2D eigenvalue weighted by molar-refractivity contribution is -0.136. The van der Waals surface area contributed by atoms with Gasteiger partial charge in [-0.25, -0.2) is 0 Å². The zero-order valence-electron chi connectivity index (χ0n) is 18.6. The summed E-state index contributed by atoms with van der Waals surface area (Å²) in [6.07, 6.45) is -4.54. The molecule has 0 aliphatic rings. The summed E-state index contributed by atoms with van der Waals surface area (Å²) in [5.41, 5.74) is 6.29. The van der Waals surface area contributed by atoms with Crippen LogP contribution in [0.3, 0.4) is 0 Å². The molecule has 0 radical (unpaired) electrons. The monoisotopic (exact) mass is 461 g/mol. The van der Waals surface area contributed by atoms with Gasteiger partial charge in [-0.05, 0) is 54.1 Å². The summed E-state index contributed by atoms with van der Waals surface area (Å²) >= 11 is 0. The number of benzene rings is 2. The first-order valence-electron chi connectivity index (χ1n) is 10.4. The van der Waals surface area contributed by atoms with Gasteiger partial charge in [0.2, 0.25) is 5.96 Å². The van der Waals surface area contributed by atoms with Crippen molar-refractivity contribution in [3.63, 3.8) is 0 Å². The first-order valence-corrected chi connectivity index (χ1v) is 10.4. The summed E-state index contributed by atoms with van der Waals surface area (Å²) in [4.78, 5) is 24.0. The highest BCUT2D eigenvalue weighted by atomic mass is 19.4. The molecular formula is C23H26F3N5O2. The summed E-state index contributed by atoms with van der Waals surface area (Å²) in [5.74, 6) is -0.469. The molecule has 0 spiro atoms. The van der Waals surface area contributed by atoms with Crippen LogP contribution < -0.4 is 10.6 Å². The first-order chi connectivity index (χ1) is 15.6. The summed E-state index contributed by atoms with van der Waals surface area (Å²) in [6.45, 7) is 6.91. The molecule has 3 N–H and O–H groups in total. The summed E-state index contributed by atoms with van der Waals surface area (Å²) in [5, 5.41) is 3.67. The topological polar surface area (TPSA) is 86.9 Å². The maximum Gasteiger partial charge on any atom is 0.417 e. The van der Waals surface area contributed by atoms with Crippen LogP contribution in [0.15, 0.2) is 53.7 Å². The quantitative estimate of drug-likeness (QED) is 0.310. The summed E-state index contributed by atoms with van der Waals surface area (Å²) in [6, 6.07) is 12.2. The Balaban J connectivity index is 1.70. The van der Waals surface area contributed by atoms with E-state index >= 15 is 0 Å². The van der Waals surface area contributed by atoms with E-state index < -0.39 is 17.6 Å². The zero-order valence-corrected chi connectivity index (χ0v) is 18.6. The number of rotatable bonds is 7. The van der Waals surface area contributed by atoms with Crippen LogP contribution in [-0.4, -0.2) is 46.8 Å². The molecule has 1 heterocycles. The fraction of sp³-hybridized carbons (Fsp3) is 0.304. The van der Waals surface area contributed by atoms with Gasteiger partial charge < -0.3 is 15.6 Å². The second-order valence-electron chi connectivity index (χ2n) is 7.46. The highest BCUT2D eigenvalue weighted by molar-refractivity contribution is 6.06. The zero-order chi connectivity index (χ0) is 24.2. The van der Waals surface area contributed by atoms with Crippen LogP contribution in [0.2, 0.25) is 0 Å². The molecule has 33 heavy (non-hydrogen) atoms. The van der Waals surface area contributed by atoms with Crippen molar-refractivity contribution in [3.05, 3.63) is 65.4 Å². The Bertz CT molecular complexity index is 1140. The van der Waals surface area contributed by atoms with E-state index in [4.69, 9.17) is 10.6 Å². The molecule has 3 rings (SSSR count). The van der Waals surface area contributed by atoms with Gasteiger partial charge in [0.05, 0.1) is 5.56 Å². The third-order valence-corrected chi connectivity index (χ3v) is 5.32. The number of alkyl halides is 3. The molecule has 0 saturated heterocycles. The molecule has 0 unspecified atom stereocenters. The van der Waals surface area contributed by atoms with Crippen LogP contribution in [-0.2, 0) is 12.7 Å². The lowest BCUT2D eigenvalue weighted by atomic mass is 10.1. The number of halogens is 3. The predicted molar refractivity (Wildman–Crippen MR) is 121 cm³/mol. The Morgan fingerprint density at radius 2 is 1.79 bits per heavy atom. The molecule has 0 aliphatic carbocycles. The van der Waals surface area contributed by atoms with Gasteiger partial charge in [-0.1, -0.05) is 32.0 Å². The van der Waals surface area contributed by atoms with Gasteiger partial charge >= 0.3 is 6.18 Å². The molecule has 2 aromatic carbocycles. The second kappa shape index (κ2) is 9.95. The van der Waals surface area contributed by atoms with E-state index in [1.54, 1.807) is 12.1 Å². The number of aromatic amines is 1. The number of nitrogens with two attached hydrogens (primary N) is 1. The molecule has 3 aromatic rings. The normalized spacial score (nSPS) is 12.4. The number of guanidine groups is 1. The van der Waals surface area contributed by atoms with Gasteiger partial charge in [-0.2, -0.15) is 13.2 Å². The molecule has 0 bridgehead atoms. The van der Waals surface area contributed by atoms with Crippen molar-refractivity contribution in [3.8, 4) is 5.75 Å². The number of carbonyl (C=O) groups is 1. The summed E-state index contributed by atoms with van der Waals surface area (Å²) in [7, 11) is 1.36. The minimum Gasteiger partial charge on any atom is -0.367 e. The SMILES string of the molecule is CCN(CC)Cc1ccc(ON=C(N)N(C)C(=O)c2cc3c(C(F)(F)F)cccc3[nH]2)cc1. The number of fused-ring (bicyclic) bond motifs is 1. The average Bonchev–Trinajstić information content (AvgIpc) is 3.24. The number of nitrogens with one attached hydrogen (secondary N) is 1. The van der Waals surface area contributed by atoms with Crippen molar-refractivity contribution in [1.82, 2.24) is 14.8 Å². The number of nitrogens with zero attached hydrogens (tertiary/aromatic N) is 3. The lowest BCUT2D eigenvalue weighted by Gasteiger charge is -2.18. The number of carbonyl (C=O) groups excluding carboxylic acids is 1. The number of aromatic nitrogens is 1. The van der Waals surface area contributed by atoms with E-state index in [1.807, 2.05) is 12.1 Å². The van der Waals surface area contributed by atoms with E-state index in [1.165, 1.54) is 19.2 Å². The van der Waals surface area contributed by atoms with Crippen molar-refractivity contribution in [2.45, 2.75) is 26.6 Å². The highest BCUT2D eigenvalue weighted by Gasteiger charge is 2.33. The van der Waals surface area contributed by atoms with Crippen molar-refractivity contribution < 1.29 is 22.8 Å². The van der Waals surface area contributed by atoms with Crippen LogP contribution in [0.4, 0.5) is 13.2 Å². The van der Waals surface area contributed by atoms with E-state index in [-0.39, 0.29) is 22.6 Å². The van der Waals surface area contributed by atoms with Gasteiger partial charge in [-0.3, -0.25) is 14.6 Å². The molecule has 1 aromatic heterocycles. The molecule has 10 heteroatoms. The predicted octanol–water partition coefficient (Wildman–Crippen LogP) is 4.41. The van der Waals surface area contributed by atoms with Gasteiger partial charge in [0, 0.05) is 24.5 Å². The minimum absolute atomic E-state index is 0.0527. The smallest absolute Gasteiger partial charge is 0.367 e. The van der Waals surface area contributed by atoms with Crippen LogP contribution in [0, 0.1) is 0 Å². The number of H-pyrrole nitrogens is 1. The molecule has 0 aliphatic heterocycles. The van der Waals surface area contributed by atoms with Gasteiger partial charge in [0.1, 0.15) is 5.69 Å². The van der Waals surface area contributed by atoms with E-state index in [2.05, 4.69) is 28.9 Å². The Morgan fingerprint density at radius 1 is 1.12 bits per heavy atom. The highest BCUT2D eigenvalue weighted by Crippen LogP contribution is 2.35. The fourth-order valence-corrected chi connectivity index (χ4v) is 3.32. The average molecular weight is 461 g/mol. The number of hydrogen-bond acceptors (Lipinski definition) is 4.